The molecule has 2 aromatic rings. The summed E-state index contributed by atoms with van der Waals surface area (Å²) >= 11 is 0. The van der Waals surface area contributed by atoms with Gasteiger partial charge in [-0.3, -0.25) is 4.79 Å². The van der Waals surface area contributed by atoms with Crippen LogP contribution in [0.3, 0.4) is 0 Å². The number of allylic oxidation sites excluding steroid dienone is 2. The summed E-state index contributed by atoms with van der Waals surface area (Å²) < 4.78 is 0. The SMILES string of the molecule is CCCC[C@H](O)[C@H](O)/C=C/C1=C(\C[C@H](O)CO)[C@H](CCCCC2(CC(=O)O)CCCC2)N[C@@H]([C@@](C)(O)Cc2ccc(O)cc2)CC#Cc2ccccc2CC1. The fraction of sp³-hybridized carbons (Fsp3) is 0.587. The molecule has 1 fully saturated rings. The Hall–Kier alpha value is -3.49. The average molecular weight is 760 g/mol. The number of aliphatic hydroxyl groups is 5. The Morgan fingerprint density at radius 2 is 1.76 bits per heavy atom. The minimum absolute atomic E-state index is 0.140. The summed E-state index contributed by atoms with van der Waals surface area (Å²) in [6.45, 7) is 3.38. The van der Waals surface area contributed by atoms with Crippen LogP contribution in [0.5, 0.6) is 5.75 Å². The van der Waals surface area contributed by atoms with Crippen molar-refractivity contribution in [1.29, 1.82) is 0 Å². The zero-order chi connectivity index (χ0) is 39.8. The van der Waals surface area contributed by atoms with Crippen molar-refractivity contribution in [2.45, 2.75) is 159 Å². The molecule has 55 heavy (non-hydrogen) atoms. The molecule has 1 aliphatic heterocycles. The van der Waals surface area contributed by atoms with Gasteiger partial charge in [-0.1, -0.05) is 99.8 Å². The first-order chi connectivity index (χ1) is 26.3. The van der Waals surface area contributed by atoms with Crippen molar-refractivity contribution in [1.82, 2.24) is 5.32 Å². The van der Waals surface area contributed by atoms with E-state index in [1.807, 2.05) is 37.3 Å². The van der Waals surface area contributed by atoms with Crippen molar-refractivity contribution in [3.63, 3.8) is 0 Å². The van der Waals surface area contributed by atoms with Crippen molar-refractivity contribution < 1.29 is 40.5 Å². The molecule has 0 amide bonds. The van der Waals surface area contributed by atoms with Crippen LogP contribution in [0.4, 0.5) is 0 Å². The number of aliphatic carboxylic acids is 1. The number of benzene rings is 2. The molecule has 4 rings (SSSR count). The van der Waals surface area contributed by atoms with Crippen molar-refractivity contribution >= 4 is 5.97 Å². The lowest BCUT2D eigenvalue weighted by atomic mass is 9.77. The second-order valence-corrected chi connectivity index (χ2v) is 16.3. The Morgan fingerprint density at radius 1 is 1.04 bits per heavy atom. The molecule has 1 heterocycles. The van der Waals surface area contributed by atoms with E-state index in [-0.39, 0.29) is 36.5 Å². The summed E-state index contributed by atoms with van der Waals surface area (Å²) in [5.74, 6) is 6.10. The number of hydrogen-bond acceptors (Lipinski definition) is 8. The molecule has 0 radical (unpaired) electrons. The largest absolute Gasteiger partial charge is 0.508 e. The number of hydrogen-bond donors (Lipinski definition) is 8. The van der Waals surface area contributed by atoms with Gasteiger partial charge in [-0.25, -0.2) is 0 Å². The number of aliphatic hydroxyl groups excluding tert-OH is 4. The van der Waals surface area contributed by atoms with Gasteiger partial charge < -0.3 is 41.1 Å². The van der Waals surface area contributed by atoms with E-state index < -0.39 is 42.5 Å². The topological polar surface area (TPSA) is 171 Å². The van der Waals surface area contributed by atoms with E-state index in [1.165, 1.54) is 0 Å². The molecule has 9 nitrogen and oxygen atoms in total. The van der Waals surface area contributed by atoms with Crippen LogP contribution in [-0.2, 0) is 17.6 Å². The fourth-order valence-corrected chi connectivity index (χ4v) is 8.49. The van der Waals surface area contributed by atoms with E-state index in [4.69, 9.17) is 0 Å². The Labute approximate surface area is 328 Å². The predicted molar refractivity (Wildman–Crippen MR) is 216 cm³/mol. The van der Waals surface area contributed by atoms with Gasteiger partial charge in [-0.15, -0.1) is 0 Å². The minimum Gasteiger partial charge on any atom is -0.508 e. The van der Waals surface area contributed by atoms with Crippen LogP contribution >= 0.6 is 0 Å². The highest BCUT2D eigenvalue weighted by Gasteiger charge is 2.37. The number of phenolic OH excluding ortho intramolecular Hbond substituents is 1. The first kappa shape index (κ1) is 44.2. The minimum atomic E-state index is -1.31. The third-order valence-electron chi connectivity index (χ3n) is 11.7. The summed E-state index contributed by atoms with van der Waals surface area (Å²) in [7, 11) is 0. The van der Waals surface area contributed by atoms with E-state index >= 15 is 0 Å². The van der Waals surface area contributed by atoms with Crippen LogP contribution in [0.2, 0.25) is 0 Å². The first-order valence-corrected chi connectivity index (χ1v) is 20.4. The van der Waals surface area contributed by atoms with Gasteiger partial charge in [0.2, 0.25) is 0 Å². The predicted octanol–water partition coefficient (Wildman–Crippen LogP) is 6.50. The summed E-state index contributed by atoms with van der Waals surface area (Å²) in [4.78, 5) is 11.8. The van der Waals surface area contributed by atoms with E-state index in [0.717, 1.165) is 85.6 Å². The Morgan fingerprint density at radius 3 is 2.45 bits per heavy atom. The third-order valence-corrected chi connectivity index (χ3v) is 11.7. The molecule has 1 saturated carbocycles. The number of nitrogens with one attached hydrogen (secondary N) is 1. The fourth-order valence-electron chi connectivity index (χ4n) is 8.49. The van der Waals surface area contributed by atoms with E-state index in [2.05, 4.69) is 17.2 Å². The lowest BCUT2D eigenvalue weighted by Crippen LogP contribution is -2.54. The molecule has 0 aromatic heterocycles. The molecule has 6 atom stereocenters. The molecule has 302 valence electrons. The maximum Gasteiger partial charge on any atom is 0.303 e. The maximum absolute atomic E-state index is 12.3. The number of carboxylic acids is 1. The van der Waals surface area contributed by atoms with Crippen LogP contribution < -0.4 is 5.32 Å². The Kier molecular flexibility index (Phi) is 17.5. The van der Waals surface area contributed by atoms with Gasteiger partial charge in [0.25, 0.3) is 0 Å². The number of phenols is 1. The molecule has 1 aliphatic carbocycles. The number of aromatic hydroxyl groups is 1. The van der Waals surface area contributed by atoms with E-state index in [1.54, 1.807) is 37.3 Å². The van der Waals surface area contributed by atoms with E-state index in [0.29, 0.717) is 32.1 Å². The highest BCUT2D eigenvalue weighted by atomic mass is 16.4. The first-order valence-electron chi connectivity index (χ1n) is 20.4. The van der Waals surface area contributed by atoms with Crippen molar-refractivity contribution in [2.24, 2.45) is 5.41 Å². The molecular weight excluding hydrogens is 695 g/mol. The van der Waals surface area contributed by atoms with E-state index in [9.17, 15) is 40.5 Å². The van der Waals surface area contributed by atoms with Crippen LogP contribution in [0.25, 0.3) is 0 Å². The monoisotopic (exact) mass is 759 g/mol. The van der Waals surface area contributed by atoms with Crippen molar-refractivity contribution in [2.75, 3.05) is 6.61 Å². The second kappa shape index (κ2) is 21.7. The van der Waals surface area contributed by atoms with Gasteiger partial charge in [0.05, 0.1) is 36.9 Å². The lowest BCUT2D eigenvalue weighted by Gasteiger charge is -2.38. The average Bonchev–Trinajstić information content (AvgIpc) is 3.61. The number of unbranched alkanes of at least 4 members (excludes halogenated alkanes) is 2. The molecular formula is C46H65NO8. The van der Waals surface area contributed by atoms with Crippen molar-refractivity contribution in [3.05, 3.63) is 88.5 Å². The third kappa shape index (κ3) is 13.9. The van der Waals surface area contributed by atoms with Gasteiger partial charge in [0, 0.05) is 30.5 Å². The number of aryl methyl sites for hydroxylation is 1. The molecule has 8 N–H and O–H groups in total. The molecule has 0 saturated heterocycles. The van der Waals surface area contributed by atoms with Gasteiger partial charge in [-0.05, 0) is 104 Å². The Balaban J connectivity index is 1.80. The summed E-state index contributed by atoms with van der Waals surface area (Å²) in [6.07, 6.45) is 11.5. The highest BCUT2D eigenvalue weighted by Crippen LogP contribution is 2.45. The van der Waals surface area contributed by atoms with Crippen molar-refractivity contribution in [3.8, 4) is 17.6 Å². The molecule has 9 heteroatoms. The quantitative estimate of drug-likeness (QED) is 0.0588. The number of carbonyl (C=O) groups is 1. The van der Waals surface area contributed by atoms with Crippen LogP contribution in [-0.4, -0.2) is 84.3 Å². The molecule has 0 spiro atoms. The summed E-state index contributed by atoms with van der Waals surface area (Å²) in [5.41, 5.74) is 2.99. The number of fused-ring (bicyclic) bond motifs is 1. The zero-order valence-electron chi connectivity index (χ0n) is 32.9. The second-order valence-electron chi connectivity index (χ2n) is 16.3. The van der Waals surface area contributed by atoms with Gasteiger partial charge in [-0.2, -0.15) is 0 Å². The smallest absolute Gasteiger partial charge is 0.303 e. The number of carboxylic acid groups (broad SMARTS) is 1. The van der Waals surface area contributed by atoms with Gasteiger partial charge >= 0.3 is 5.97 Å². The molecule has 2 aromatic carbocycles. The lowest BCUT2D eigenvalue weighted by molar-refractivity contribution is -0.139. The molecule has 2 aliphatic rings. The maximum atomic E-state index is 12.3. The van der Waals surface area contributed by atoms with Crippen LogP contribution in [0.1, 0.15) is 127 Å². The Bertz CT molecular complexity index is 1610. The number of rotatable bonds is 19. The van der Waals surface area contributed by atoms with Crippen LogP contribution in [0, 0.1) is 17.3 Å². The molecule has 0 unspecified atom stereocenters. The van der Waals surface area contributed by atoms with Crippen LogP contribution in [0.15, 0.2) is 71.8 Å². The zero-order valence-corrected chi connectivity index (χ0v) is 32.9. The normalized spacial score (nSPS) is 23.0. The standard InChI is InChI=1S/C46H65NO8/c1-3-4-16-41(51)42(52)25-22-36-21-20-35-13-6-5-12-34(35)14-11-17-43(45(2,55)30-33-18-23-37(49)24-19-33)47-40(39(36)29-38(50)32-48)15-7-8-26-46(31-44(53)54)27-9-10-28-46/h5-6,12-13,18-19,22-25,38,40-43,47-52,55H,3-4,7-10,15-17,20-21,26-32H2,1-2H3,(H,53,54)/b25-22+,39-36+/t38-,40-,41-,42+,43+,45-/m0/s1. The summed E-state index contributed by atoms with van der Waals surface area (Å²) in [5, 5.41) is 78.7. The van der Waals surface area contributed by atoms with Gasteiger partial charge in [0.1, 0.15) is 5.75 Å². The van der Waals surface area contributed by atoms with Gasteiger partial charge in [0.15, 0.2) is 0 Å². The molecule has 0 bridgehead atoms. The highest BCUT2D eigenvalue weighted by molar-refractivity contribution is 5.67. The summed E-state index contributed by atoms with van der Waals surface area (Å²) in [6, 6.07) is 13.8.